The molecule has 5 nitrogen and oxygen atoms in total. The maximum Gasteiger partial charge on any atom is 0.196 e. The van der Waals surface area contributed by atoms with Gasteiger partial charge in [-0.3, -0.25) is 0 Å². The first kappa shape index (κ1) is 16.0. The normalized spacial score (nSPS) is 10.7. The standard InChI is InChI=1S/C15H12ClN5S2/c1-2-21-12(8-10-6-4-3-5-7-10)18-19-15(21)22-14-11(9-17)13(16)20-23-14/h3-7H,2,8H2,1H3. The number of aromatic nitrogens is 4. The third-order valence-electron chi connectivity index (χ3n) is 3.23. The lowest BCUT2D eigenvalue weighted by molar-refractivity contribution is 0.651. The van der Waals surface area contributed by atoms with Crippen LogP contribution in [0.3, 0.4) is 0 Å². The average molecular weight is 362 g/mol. The van der Waals surface area contributed by atoms with Gasteiger partial charge in [0.1, 0.15) is 21.7 Å². The molecular formula is C15H12ClN5S2. The van der Waals surface area contributed by atoms with Gasteiger partial charge in [-0.1, -0.05) is 41.9 Å². The topological polar surface area (TPSA) is 67.4 Å². The SMILES string of the molecule is CCn1c(Cc2ccccc2)nnc1Sc1snc(Cl)c1C#N. The Hall–Kier alpha value is -1.88. The molecule has 1 aromatic carbocycles. The van der Waals surface area contributed by atoms with E-state index in [-0.39, 0.29) is 5.15 Å². The van der Waals surface area contributed by atoms with E-state index >= 15 is 0 Å². The van der Waals surface area contributed by atoms with E-state index in [2.05, 4.69) is 32.8 Å². The molecule has 0 spiro atoms. The molecule has 0 atom stereocenters. The van der Waals surface area contributed by atoms with Crippen LogP contribution in [0.4, 0.5) is 0 Å². The first-order chi connectivity index (χ1) is 11.2. The lowest BCUT2D eigenvalue weighted by Crippen LogP contribution is -2.04. The molecule has 23 heavy (non-hydrogen) atoms. The summed E-state index contributed by atoms with van der Waals surface area (Å²) >= 11 is 8.50. The van der Waals surface area contributed by atoms with Crippen LogP contribution in [0, 0.1) is 11.3 Å². The molecule has 0 bridgehead atoms. The highest BCUT2D eigenvalue weighted by Crippen LogP contribution is 2.36. The fourth-order valence-corrected chi connectivity index (χ4v) is 4.28. The van der Waals surface area contributed by atoms with Crippen LogP contribution >= 0.6 is 34.9 Å². The summed E-state index contributed by atoms with van der Waals surface area (Å²) < 4.78 is 6.81. The van der Waals surface area contributed by atoms with E-state index < -0.39 is 0 Å². The fraction of sp³-hybridized carbons (Fsp3) is 0.200. The summed E-state index contributed by atoms with van der Waals surface area (Å²) in [4.78, 5) is 0. The highest BCUT2D eigenvalue weighted by Gasteiger charge is 2.18. The Labute approximate surface area is 147 Å². The molecule has 0 aliphatic rings. The molecule has 0 amide bonds. The maximum atomic E-state index is 9.17. The second kappa shape index (κ2) is 7.13. The molecule has 2 aromatic heterocycles. The molecule has 0 saturated heterocycles. The molecule has 0 fully saturated rings. The van der Waals surface area contributed by atoms with Crippen molar-refractivity contribution in [2.45, 2.75) is 29.3 Å². The van der Waals surface area contributed by atoms with E-state index in [0.29, 0.717) is 5.56 Å². The minimum atomic E-state index is 0.243. The molecule has 3 rings (SSSR count). The van der Waals surface area contributed by atoms with Crippen LogP contribution in [-0.4, -0.2) is 19.1 Å². The Morgan fingerprint density at radius 3 is 2.78 bits per heavy atom. The van der Waals surface area contributed by atoms with Crippen molar-refractivity contribution in [2.75, 3.05) is 0 Å². The van der Waals surface area contributed by atoms with Gasteiger partial charge in [0.25, 0.3) is 0 Å². The van der Waals surface area contributed by atoms with Crippen molar-refractivity contribution in [3.05, 3.63) is 52.4 Å². The Bertz CT molecular complexity index is 851. The Morgan fingerprint density at radius 1 is 1.30 bits per heavy atom. The number of benzene rings is 1. The summed E-state index contributed by atoms with van der Waals surface area (Å²) in [5.74, 6) is 0.898. The van der Waals surface area contributed by atoms with Crippen LogP contribution in [0.1, 0.15) is 23.9 Å². The van der Waals surface area contributed by atoms with E-state index in [4.69, 9.17) is 16.9 Å². The van der Waals surface area contributed by atoms with Gasteiger partial charge in [0, 0.05) is 13.0 Å². The van der Waals surface area contributed by atoms with Gasteiger partial charge in [-0.25, -0.2) is 0 Å². The fourth-order valence-electron chi connectivity index (χ4n) is 2.12. The molecular weight excluding hydrogens is 350 g/mol. The van der Waals surface area contributed by atoms with Gasteiger partial charge < -0.3 is 4.57 Å². The third kappa shape index (κ3) is 3.39. The second-order valence-electron chi connectivity index (χ2n) is 4.66. The number of nitriles is 1. The van der Waals surface area contributed by atoms with Gasteiger partial charge >= 0.3 is 0 Å². The quantitative estimate of drug-likeness (QED) is 0.686. The number of halogens is 1. The van der Waals surface area contributed by atoms with Gasteiger partial charge in [0.15, 0.2) is 10.3 Å². The highest BCUT2D eigenvalue weighted by molar-refractivity contribution is 8.01. The summed E-state index contributed by atoms with van der Waals surface area (Å²) in [6.07, 6.45) is 0.719. The zero-order valence-electron chi connectivity index (χ0n) is 12.2. The number of rotatable bonds is 5. The zero-order chi connectivity index (χ0) is 16.2. The van der Waals surface area contributed by atoms with Crippen molar-refractivity contribution in [3.63, 3.8) is 0 Å². The lowest BCUT2D eigenvalue weighted by Gasteiger charge is -2.06. The Kier molecular flexibility index (Phi) is 4.96. The first-order valence-electron chi connectivity index (χ1n) is 6.92. The van der Waals surface area contributed by atoms with Crippen LogP contribution in [-0.2, 0) is 13.0 Å². The smallest absolute Gasteiger partial charge is 0.196 e. The van der Waals surface area contributed by atoms with E-state index in [1.54, 1.807) is 0 Å². The highest BCUT2D eigenvalue weighted by atomic mass is 35.5. The molecule has 3 aromatic rings. The minimum absolute atomic E-state index is 0.243. The average Bonchev–Trinajstić information content (AvgIpc) is 3.12. The van der Waals surface area contributed by atoms with Gasteiger partial charge in [0.2, 0.25) is 0 Å². The molecule has 0 aliphatic heterocycles. The maximum absolute atomic E-state index is 9.17. The predicted molar refractivity (Wildman–Crippen MR) is 90.9 cm³/mol. The van der Waals surface area contributed by atoms with Crippen molar-refractivity contribution in [1.82, 2.24) is 19.1 Å². The van der Waals surface area contributed by atoms with E-state index in [0.717, 1.165) is 28.2 Å². The summed E-state index contributed by atoms with van der Waals surface area (Å²) in [5.41, 5.74) is 1.58. The second-order valence-corrected chi connectivity index (χ2v) is 7.02. The third-order valence-corrected chi connectivity index (χ3v) is 5.59. The number of hydrogen-bond acceptors (Lipinski definition) is 6. The van der Waals surface area contributed by atoms with E-state index in [9.17, 15) is 0 Å². The molecule has 0 radical (unpaired) electrons. The van der Waals surface area contributed by atoms with Crippen molar-refractivity contribution in [2.24, 2.45) is 0 Å². The van der Waals surface area contributed by atoms with Crippen LogP contribution in [0.5, 0.6) is 0 Å². The van der Waals surface area contributed by atoms with Crippen molar-refractivity contribution in [1.29, 1.82) is 5.26 Å². The van der Waals surface area contributed by atoms with Gasteiger partial charge in [-0.15, -0.1) is 10.2 Å². The number of nitrogens with zero attached hydrogens (tertiary/aromatic N) is 5. The Balaban J connectivity index is 1.88. The zero-order valence-corrected chi connectivity index (χ0v) is 14.6. The lowest BCUT2D eigenvalue weighted by atomic mass is 10.1. The van der Waals surface area contributed by atoms with Crippen LogP contribution in [0.25, 0.3) is 0 Å². The van der Waals surface area contributed by atoms with Crippen molar-refractivity contribution < 1.29 is 0 Å². The summed E-state index contributed by atoms with van der Waals surface area (Å²) in [6, 6.07) is 12.2. The van der Waals surface area contributed by atoms with Gasteiger partial charge in [-0.05, 0) is 35.8 Å². The van der Waals surface area contributed by atoms with Crippen LogP contribution in [0.2, 0.25) is 5.15 Å². The summed E-state index contributed by atoms with van der Waals surface area (Å²) in [5, 5.41) is 18.7. The Morgan fingerprint density at radius 2 is 2.09 bits per heavy atom. The number of hydrogen-bond donors (Lipinski definition) is 0. The summed E-state index contributed by atoms with van der Waals surface area (Å²) in [7, 11) is 0. The molecule has 0 unspecified atom stereocenters. The van der Waals surface area contributed by atoms with Crippen molar-refractivity contribution in [3.8, 4) is 6.07 Å². The van der Waals surface area contributed by atoms with Crippen LogP contribution in [0.15, 0.2) is 39.7 Å². The molecule has 0 aliphatic carbocycles. The molecule has 116 valence electrons. The van der Waals surface area contributed by atoms with Gasteiger partial charge in [0.05, 0.1) is 0 Å². The van der Waals surface area contributed by atoms with Crippen LogP contribution < -0.4 is 0 Å². The molecule has 0 N–H and O–H groups in total. The predicted octanol–water partition coefficient (Wildman–Crippen LogP) is 4.02. The summed E-state index contributed by atoms with van der Waals surface area (Å²) in [6.45, 7) is 2.80. The largest absolute Gasteiger partial charge is 0.306 e. The molecule has 8 heteroatoms. The van der Waals surface area contributed by atoms with Gasteiger partial charge in [-0.2, -0.15) is 9.64 Å². The molecule has 2 heterocycles. The monoisotopic (exact) mass is 361 g/mol. The van der Waals surface area contributed by atoms with Crippen molar-refractivity contribution >= 4 is 34.9 Å². The van der Waals surface area contributed by atoms with E-state index in [1.807, 2.05) is 29.7 Å². The van der Waals surface area contributed by atoms with E-state index in [1.165, 1.54) is 28.9 Å². The first-order valence-corrected chi connectivity index (χ1v) is 8.88. The molecule has 0 saturated carbocycles. The minimum Gasteiger partial charge on any atom is -0.306 e.